The van der Waals surface area contributed by atoms with Crippen molar-refractivity contribution in [2.24, 2.45) is 0 Å². The average molecular weight is 474 g/mol. The molecule has 0 aliphatic carbocycles. The monoisotopic (exact) mass is 473 g/mol. The van der Waals surface area contributed by atoms with Gasteiger partial charge in [-0.25, -0.2) is 4.98 Å². The second-order valence-electron chi connectivity index (χ2n) is 9.14. The van der Waals surface area contributed by atoms with Gasteiger partial charge in [0.25, 0.3) is 0 Å². The van der Waals surface area contributed by atoms with Crippen LogP contribution >= 0.6 is 11.3 Å². The van der Waals surface area contributed by atoms with E-state index in [4.69, 9.17) is 0 Å². The molecule has 3 aromatic rings. The molecule has 0 radical (unpaired) electrons. The number of carbonyl (C=O) groups is 3. The Hall–Kier alpha value is -3.32. The van der Waals surface area contributed by atoms with Crippen LogP contribution in [-0.2, 0) is 26.3 Å². The molecular weight excluding hydrogens is 446 g/mol. The molecule has 0 spiro atoms. The highest BCUT2D eigenvalue weighted by Crippen LogP contribution is 2.44. The summed E-state index contributed by atoms with van der Waals surface area (Å²) in [6.07, 6.45) is 3.51. The van der Waals surface area contributed by atoms with E-state index < -0.39 is 5.41 Å². The third kappa shape index (κ3) is 3.94. The topological polar surface area (TPSA) is 70.6 Å². The van der Waals surface area contributed by atoms with E-state index in [-0.39, 0.29) is 43.1 Å². The lowest BCUT2D eigenvalue weighted by Gasteiger charge is -2.32. The molecule has 2 aliphatic heterocycles. The molecule has 5 rings (SSSR count). The SMILES string of the molecule is Cc1ccccc1[C@@]1(CC(=O)N2CCC[C@@H]2c2nccs2)CC(=O)N(Cc2ccccc2)C1=O. The van der Waals surface area contributed by atoms with Crippen LogP contribution in [0.4, 0.5) is 0 Å². The zero-order chi connectivity index (χ0) is 23.7. The Kier molecular flexibility index (Phi) is 6.04. The minimum absolute atomic E-state index is 0.00498. The highest BCUT2D eigenvalue weighted by atomic mass is 32.1. The number of hydrogen-bond donors (Lipinski definition) is 0. The van der Waals surface area contributed by atoms with Gasteiger partial charge in [0.15, 0.2) is 0 Å². The van der Waals surface area contributed by atoms with Crippen molar-refractivity contribution in [1.29, 1.82) is 0 Å². The quantitative estimate of drug-likeness (QED) is 0.498. The van der Waals surface area contributed by atoms with E-state index in [2.05, 4.69) is 4.98 Å². The van der Waals surface area contributed by atoms with Crippen LogP contribution in [0, 0.1) is 6.92 Å². The normalized spacial score (nSPS) is 22.6. The molecule has 7 heteroatoms. The molecule has 6 nitrogen and oxygen atoms in total. The Morgan fingerprint density at radius 2 is 1.88 bits per heavy atom. The third-order valence-electron chi connectivity index (χ3n) is 7.02. The summed E-state index contributed by atoms with van der Waals surface area (Å²) in [5.74, 6) is -0.611. The highest BCUT2D eigenvalue weighted by molar-refractivity contribution is 7.09. The van der Waals surface area contributed by atoms with Crippen molar-refractivity contribution in [2.45, 2.75) is 50.6 Å². The van der Waals surface area contributed by atoms with Gasteiger partial charge in [-0.05, 0) is 36.5 Å². The van der Waals surface area contributed by atoms with Gasteiger partial charge in [-0.3, -0.25) is 19.3 Å². The van der Waals surface area contributed by atoms with Gasteiger partial charge in [-0.1, -0.05) is 54.6 Å². The molecule has 0 unspecified atom stereocenters. The predicted octanol–water partition coefficient (Wildman–Crippen LogP) is 4.40. The number of hydrogen-bond acceptors (Lipinski definition) is 5. The maximum absolute atomic E-state index is 14.0. The number of likely N-dealkylation sites (tertiary alicyclic amines) is 2. The second kappa shape index (κ2) is 9.14. The first-order chi connectivity index (χ1) is 16.5. The third-order valence-corrected chi connectivity index (χ3v) is 7.89. The molecule has 2 aromatic carbocycles. The molecule has 2 atom stereocenters. The minimum Gasteiger partial charge on any atom is -0.333 e. The van der Waals surface area contributed by atoms with E-state index in [0.717, 1.165) is 34.5 Å². The smallest absolute Gasteiger partial charge is 0.241 e. The Balaban J connectivity index is 1.49. The summed E-state index contributed by atoms with van der Waals surface area (Å²) in [5, 5.41) is 2.85. The first-order valence-corrected chi connectivity index (χ1v) is 12.5. The number of aryl methyl sites for hydroxylation is 1. The summed E-state index contributed by atoms with van der Waals surface area (Å²) < 4.78 is 0. The van der Waals surface area contributed by atoms with Crippen LogP contribution in [0.2, 0.25) is 0 Å². The van der Waals surface area contributed by atoms with E-state index in [1.807, 2.05) is 71.8 Å². The van der Waals surface area contributed by atoms with Gasteiger partial charge in [0.2, 0.25) is 17.7 Å². The fraction of sp³-hybridized carbons (Fsp3) is 0.333. The van der Waals surface area contributed by atoms with Gasteiger partial charge >= 0.3 is 0 Å². The minimum atomic E-state index is -1.19. The largest absolute Gasteiger partial charge is 0.333 e. The molecule has 2 saturated heterocycles. The number of benzene rings is 2. The van der Waals surface area contributed by atoms with E-state index in [9.17, 15) is 14.4 Å². The predicted molar refractivity (Wildman–Crippen MR) is 130 cm³/mol. The number of thiazole rings is 1. The summed E-state index contributed by atoms with van der Waals surface area (Å²) in [6, 6.07) is 17.1. The van der Waals surface area contributed by atoms with E-state index in [1.54, 1.807) is 17.5 Å². The zero-order valence-corrected chi connectivity index (χ0v) is 20.0. The van der Waals surface area contributed by atoms with E-state index in [1.165, 1.54) is 4.90 Å². The number of amides is 3. The Morgan fingerprint density at radius 3 is 2.62 bits per heavy atom. The van der Waals surface area contributed by atoms with Gasteiger partial charge in [0, 0.05) is 31.0 Å². The number of imide groups is 1. The summed E-state index contributed by atoms with van der Waals surface area (Å²) in [6.45, 7) is 2.79. The summed E-state index contributed by atoms with van der Waals surface area (Å²) >= 11 is 1.55. The van der Waals surface area contributed by atoms with Crippen LogP contribution in [0.1, 0.15) is 53.4 Å². The van der Waals surface area contributed by atoms with Crippen molar-refractivity contribution in [3.05, 3.63) is 87.9 Å². The highest BCUT2D eigenvalue weighted by Gasteiger charge is 2.55. The fourth-order valence-electron chi connectivity index (χ4n) is 5.36. The second-order valence-corrected chi connectivity index (χ2v) is 10.1. The average Bonchev–Trinajstić information content (AvgIpc) is 3.58. The lowest BCUT2D eigenvalue weighted by Crippen LogP contribution is -2.43. The number of carbonyl (C=O) groups excluding carboxylic acids is 3. The Morgan fingerprint density at radius 1 is 1.12 bits per heavy atom. The van der Waals surface area contributed by atoms with Crippen LogP contribution < -0.4 is 0 Å². The van der Waals surface area contributed by atoms with Crippen molar-refractivity contribution in [2.75, 3.05) is 6.54 Å². The summed E-state index contributed by atoms with van der Waals surface area (Å²) in [4.78, 5) is 48.6. The molecule has 2 fully saturated rings. The lowest BCUT2D eigenvalue weighted by atomic mass is 9.74. The molecule has 0 bridgehead atoms. The van der Waals surface area contributed by atoms with Crippen LogP contribution in [0.3, 0.4) is 0 Å². The van der Waals surface area contributed by atoms with Crippen molar-refractivity contribution >= 4 is 29.1 Å². The molecule has 174 valence electrons. The standard InChI is InChI=1S/C27H27N3O3S/c1-19-8-5-6-11-21(19)27(16-23(31)29-14-7-12-22(29)25-28-13-15-34-25)17-24(32)30(26(27)33)18-20-9-3-2-4-10-20/h2-6,8-11,13,15,22H,7,12,14,16-18H2,1H3/t22-,27-/m1/s1. The number of rotatable bonds is 6. The van der Waals surface area contributed by atoms with E-state index in [0.29, 0.717) is 6.54 Å². The molecular formula is C27H27N3O3S. The Labute approximate surface area is 203 Å². The van der Waals surface area contributed by atoms with Crippen molar-refractivity contribution in [3.63, 3.8) is 0 Å². The molecule has 34 heavy (non-hydrogen) atoms. The molecule has 0 N–H and O–H groups in total. The van der Waals surface area contributed by atoms with Crippen LogP contribution in [0.15, 0.2) is 66.2 Å². The van der Waals surface area contributed by atoms with Crippen molar-refractivity contribution in [1.82, 2.24) is 14.8 Å². The lowest BCUT2D eigenvalue weighted by molar-refractivity contribution is -0.143. The first-order valence-electron chi connectivity index (χ1n) is 11.6. The summed E-state index contributed by atoms with van der Waals surface area (Å²) in [5.41, 5.74) is 1.38. The molecule has 1 aromatic heterocycles. The van der Waals surface area contributed by atoms with E-state index >= 15 is 0 Å². The molecule has 3 amide bonds. The maximum Gasteiger partial charge on any atom is 0.241 e. The van der Waals surface area contributed by atoms with Gasteiger partial charge in [0.1, 0.15) is 5.01 Å². The number of nitrogens with zero attached hydrogens (tertiary/aromatic N) is 3. The van der Waals surface area contributed by atoms with Crippen LogP contribution in [0.5, 0.6) is 0 Å². The fourth-order valence-corrected chi connectivity index (χ4v) is 6.15. The van der Waals surface area contributed by atoms with Crippen LogP contribution in [0.25, 0.3) is 0 Å². The van der Waals surface area contributed by atoms with Gasteiger partial charge in [-0.2, -0.15) is 0 Å². The van der Waals surface area contributed by atoms with Crippen molar-refractivity contribution in [3.8, 4) is 0 Å². The van der Waals surface area contributed by atoms with Gasteiger partial charge in [-0.15, -0.1) is 11.3 Å². The molecule has 2 aliphatic rings. The van der Waals surface area contributed by atoms with Gasteiger partial charge < -0.3 is 4.90 Å². The van der Waals surface area contributed by atoms with Crippen molar-refractivity contribution < 1.29 is 14.4 Å². The maximum atomic E-state index is 14.0. The zero-order valence-electron chi connectivity index (χ0n) is 19.1. The van der Waals surface area contributed by atoms with Crippen LogP contribution in [-0.4, -0.2) is 39.1 Å². The summed E-state index contributed by atoms with van der Waals surface area (Å²) in [7, 11) is 0. The Bertz CT molecular complexity index is 1210. The molecule has 0 saturated carbocycles. The first kappa shape index (κ1) is 22.5. The number of aromatic nitrogens is 1. The molecule has 3 heterocycles. The van der Waals surface area contributed by atoms with Gasteiger partial charge in [0.05, 0.1) is 18.0 Å².